The first-order valence-corrected chi connectivity index (χ1v) is 6.27. The Morgan fingerprint density at radius 2 is 1.67 bits per heavy atom. The number of rotatable bonds is 2. The van der Waals surface area contributed by atoms with Crippen LogP contribution in [-0.2, 0) is 0 Å². The van der Waals surface area contributed by atoms with E-state index in [2.05, 4.69) is 0 Å². The van der Waals surface area contributed by atoms with Gasteiger partial charge in [0.15, 0.2) is 5.76 Å². The van der Waals surface area contributed by atoms with Crippen LogP contribution in [0.25, 0.3) is 11.0 Å². The second-order valence-electron chi connectivity index (χ2n) is 4.63. The van der Waals surface area contributed by atoms with Crippen LogP contribution >= 0.6 is 0 Å². The Bertz CT molecular complexity index is 809. The molecule has 3 aromatic rings. The number of hydrogen-bond donors (Lipinski definition) is 0. The summed E-state index contributed by atoms with van der Waals surface area (Å²) in [4.78, 5) is 13.7. The number of carbonyl (C=O) groups is 1. The molecule has 0 bridgehead atoms. The molecule has 0 N–H and O–H groups in total. The van der Waals surface area contributed by atoms with Crippen molar-refractivity contribution >= 4 is 22.6 Å². The number of benzene rings is 2. The van der Waals surface area contributed by atoms with Gasteiger partial charge in [-0.05, 0) is 42.5 Å². The largest absolute Gasteiger partial charge is 0.451 e. The number of hydrogen-bond acceptors (Lipinski definition) is 2. The summed E-state index contributed by atoms with van der Waals surface area (Å²) in [5.41, 5.74) is 0.846. The monoisotopic (exact) mass is 287 g/mol. The fraction of sp³-hybridized carbons (Fsp3) is 0.0625. The third-order valence-corrected chi connectivity index (χ3v) is 3.21. The Hall–Kier alpha value is -2.69. The van der Waals surface area contributed by atoms with Gasteiger partial charge in [-0.1, -0.05) is 0 Å². The number of anilines is 1. The fourth-order valence-electron chi connectivity index (χ4n) is 2.06. The summed E-state index contributed by atoms with van der Waals surface area (Å²) in [6.07, 6.45) is 0. The minimum atomic E-state index is -0.428. The lowest BCUT2D eigenvalue weighted by Crippen LogP contribution is -2.25. The van der Waals surface area contributed by atoms with Crippen molar-refractivity contribution in [3.63, 3.8) is 0 Å². The third kappa shape index (κ3) is 2.50. The number of furan rings is 1. The van der Waals surface area contributed by atoms with Crippen molar-refractivity contribution in [1.29, 1.82) is 0 Å². The third-order valence-electron chi connectivity index (χ3n) is 3.21. The van der Waals surface area contributed by atoms with Crippen LogP contribution in [0.3, 0.4) is 0 Å². The van der Waals surface area contributed by atoms with Gasteiger partial charge in [0.25, 0.3) is 5.91 Å². The van der Waals surface area contributed by atoms with Crippen LogP contribution in [0.2, 0.25) is 0 Å². The summed E-state index contributed by atoms with van der Waals surface area (Å²) < 4.78 is 31.4. The van der Waals surface area contributed by atoms with Crippen LogP contribution in [-0.4, -0.2) is 13.0 Å². The number of fused-ring (bicyclic) bond motifs is 1. The molecule has 0 aliphatic rings. The fourth-order valence-corrected chi connectivity index (χ4v) is 2.06. The zero-order valence-corrected chi connectivity index (χ0v) is 11.1. The number of carbonyl (C=O) groups excluding carboxylic acids is 1. The van der Waals surface area contributed by atoms with Gasteiger partial charge in [0.1, 0.15) is 17.2 Å². The lowest BCUT2D eigenvalue weighted by atomic mass is 10.2. The van der Waals surface area contributed by atoms with Crippen LogP contribution in [0.4, 0.5) is 14.5 Å². The number of amides is 1. The maximum atomic E-state index is 13.1. The molecule has 5 heteroatoms. The average molecular weight is 287 g/mol. The number of halogens is 2. The molecule has 3 nitrogen and oxygen atoms in total. The van der Waals surface area contributed by atoms with Crippen LogP contribution < -0.4 is 4.90 Å². The summed E-state index contributed by atoms with van der Waals surface area (Å²) in [7, 11) is 1.56. The van der Waals surface area contributed by atoms with Crippen LogP contribution in [0.1, 0.15) is 10.6 Å². The van der Waals surface area contributed by atoms with E-state index in [1.54, 1.807) is 19.2 Å². The summed E-state index contributed by atoms with van der Waals surface area (Å²) in [6, 6.07) is 11.2. The first kappa shape index (κ1) is 13.3. The lowest BCUT2D eigenvalue weighted by Gasteiger charge is -2.15. The Morgan fingerprint density at radius 1 is 1.00 bits per heavy atom. The highest BCUT2D eigenvalue weighted by molar-refractivity contribution is 6.05. The standard InChI is InChI=1S/C16H11F2NO2/c1-19(13-6-4-11(17)5-7-13)16(20)15-8-10-2-3-12(18)9-14(10)21-15/h2-9H,1H3. The van der Waals surface area contributed by atoms with Crippen molar-refractivity contribution in [2.45, 2.75) is 0 Å². The van der Waals surface area contributed by atoms with E-state index in [1.165, 1.54) is 41.3 Å². The Morgan fingerprint density at radius 3 is 2.38 bits per heavy atom. The molecule has 2 aromatic carbocycles. The van der Waals surface area contributed by atoms with Crippen molar-refractivity contribution in [1.82, 2.24) is 0 Å². The highest BCUT2D eigenvalue weighted by Crippen LogP contribution is 2.23. The Kier molecular flexibility index (Phi) is 3.17. The molecule has 1 heterocycles. The number of nitrogens with zero attached hydrogens (tertiary/aromatic N) is 1. The second-order valence-corrected chi connectivity index (χ2v) is 4.63. The maximum Gasteiger partial charge on any atom is 0.293 e. The van der Waals surface area contributed by atoms with Crippen LogP contribution in [0.5, 0.6) is 0 Å². The topological polar surface area (TPSA) is 33.5 Å². The van der Waals surface area contributed by atoms with E-state index in [0.717, 1.165) is 0 Å². The van der Waals surface area contributed by atoms with E-state index in [0.29, 0.717) is 16.7 Å². The molecule has 1 amide bonds. The molecule has 0 aliphatic carbocycles. The van der Waals surface area contributed by atoms with Crippen molar-refractivity contribution in [2.24, 2.45) is 0 Å². The molecular formula is C16H11F2NO2. The van der Waals surface area contributed by atoms with Gasteiger partial charge in [-0.3, -0.25) is 4.79 Å². The van der Waals surface area contributed by atoms with E-state index in [9.17, 15) is 13.6 Å². The molecule has 21 heavy (non-hydrogen) atoms. The first-order valence-electron chi connectivity index (χ1n) is 6.27. The van der Waals surface area contributed by atoms with E-state index in [1.807, 2.05) is 0 Å². The zero-order valence-electron chi connectivity index (χ0n) is 11.1. The van der Waals surface area contributed by atoms with E-state index < -0.39 is 11.7 Å². The summed E-state index contributed by atoms with van der Waals surface area (Å²) >= 11 is 0. The summed E-state index contributed by atoms with van der Waals surface area (Å²) in [6.45, 7) is 0. The molecular weight excluding hydrogens is 276 g/mol. The quantitative estimate of drug-likeness (QED) is 0.714. The van der Waals surface area contributed by atoms with Gasteiger partial charge in [-0.2, -0.15) is 0 Å². The molecule has 0 fully saturated rings. The molecule has 0 radical (unpaired) electrons. The molecule has 0 spiro atoms. The van der Waals surface area contributed by atoms with E-state index >= 15 is 0 Å². The van der Waals surface area contributed by atoms with Gasteiger partial charge < -0.3 is 9.32 Å². The van der Waals surface area contributed by atoms with Gasteiger partial charge in [-0.15, -0.1) is 0 Å². The van der Waals surface area contributed by atoms with Crippen LogP contribution in [0.15, 0.2) is 52.9 Å². The molecule has 106 valence electrons. The lowest BCUT2D eigenvalue weighted by molar-refractivity contribution is 0.0968. The maximum absolute atomic E-state index is 13.1. The molecule has 1 aromatic heterocycles. The van der Waals surface area contributed by atoms with E-state index in [-0.39, 0.29) is 11.6 Å². The smallest absolute Gasteiger partial charge is 0.293 e. The Labute approximate surface area is 119 Å². The Balaban J connectivity index is 1.94. The van der Waals surface area contributed by atoms with Gasteiger partial charge in [0.05, 0.1) is 0 Å². The highest BCUT2D eigenvalue weighted by atomic mass is 19.1. The zero-order chi connectivity index (χ0) is 15.0. The van der Waals surface area contributed by atoms with Crippen molar-refractivity contribution in [3.8, 4) is 0 Å². The minimum Gasteiger partial charge on any atom is -0.451 e. The van der Waals surface area contributed by atoms with Crippen molar-refractivity contribution < 1.29 is 18.0 Å². The normalized spacial score (nSPS) is 10.8. The molecule has 0 atom stereocenters. The van der Waals surface area contributed by atoms with Crippen molar-refractivity contribution in [2.75, 3.05) is 11.9 Å². The molecule has 0 unspecified atom stereocenters. The van der Waals surface area contributed by atoms with Gasteiger partial charge in [0, 0.05) is 24.2 Å². The first-order chi connectivity index (χ1) is 10.0. The summed E-state index contributed by atoms with van der Waals surface area (Å²) in [5.74, 6) is -1.10. The molecule has 0 saturated heterocycles. The average Bonchev–Trinajstić information content (AvgIpc) is 2.89. The van der Waals surface area contributed by atoms with Gasteiger partial charge >= 0.3 is 0 Å². The molecule has 3 rings (SSSR count). The molecule has 0 saturated carbocycles. The molecule has 0 aliphatic heterocycles. The van der Waals surface area contributed by atoms with E-state index in [4.69, 9.17) is 4.42 Å². The highest BCUT2D eigenvalue weighted by Gasteiger charge is 2.18. The van der Waals surface area contributed by atoms with Crippen molar-refractivity contribution in [3.05, 3.63) is 65.9 Å². The van der Waals surface area contributed by atoms with Gasteiger partial charge in [-0.25, -0.2) is 8.78 Å². The summed E-state index contributed by atoms with van der Waals surface area (Å²) in [5, 5.41) is 0.646. The SMILES string of the molecule is CN(C(=O)c1cc2ccc(F)cc2o1)c1ccc(F)cc1. The van der Waals surface area contributed by atoms with Gasteiger partial charge in [0.2, 0.25) is 0 Å². The predicted octanol–water partition coefficient (Wildman–Crippen LogP) is 3.99. The van der Waals surface area contributed by atoms with Crippen LogP contribution in [0, 0.1) is 11.6 Å². The minimum absolute atomic E-state index is 0.0995. The second kappa shape index (κ2) is 5.01. The predicted molar refractivity (Wildman–Crippen MR) is 75.3 cm³/mol.